The second kappa shape index (κ2) is 7.35. The van der Waals surface area contributed by atoms with E-state index in [1.54, 1.807) is 11.8 Å². The molecule has 0 aliphatic heterocycles. The smallest absolute Gasteiger partial charge is 0.237 e. The number of benzene rings is 1. The van der Waals surface area contributed by atoms with Gasteiger partial charge in [-0.2, -0.15) is 4.98 Å². The maximum Gasteiger partial charge on any atom is 0.237 e. The minimum Gasteiger partial charge on any atom is -0.494 e. The Hall–Kier alpha value is -1.24. The molecule has 2 aromatic rings. The Bertz CT molecular complexity index is 599. The van der Waals surface area contributed by atoms with Crippen LogP contribution in [-0.4, -0.2) is 16.7 Å². The monoisotopic (exact) mass is 341 g/mol. The maximum atomic E-state index is 6.18. The molecule has 120 valence electrons. The fraction of sp³-hybridized carbons (Fsp3) is 0.467. The highest BCUT2D eigenvalue weighted by Gasteiger charge is 2.38. The van der Waals surface area contributed by atoms with Crippen LogP contribution in [0.25, 0.3) is 0 Å². The molecule has 0 spiro atoms. The number of aromatic nitrogens is 2. The van der Waals surface area contributed by atoms with Crippen LogP contribution in [0.4, 0.5) is 0 Å². The van der Waals surface area contributed by atoms with Crippen molar-refractivity contribution in [2.45, 2.75) is 42.4 Å². The van der Waals surface area contributed by atoms with Gasteiger partial charge >= 0.3 is 0 Å². The third-order valence-corrected chi connectivity index (χ3v) is 4.65. The van der Waals surface area contributed by atoms with Crippen LogP contribution in [0.2, 0.25) is 0 Å². The molecule has 3 rings (SSSR count). The molecule has 1 aliphatic carbocycles. The van der Waals surface area contributed by atoms with Crippen LogP contribution in [0, 0.1) is 0 Å². The molecule has 1 aromatic heterocycles. The predicted molar refractivity (Wildman–Crippen MR) is 88.4 cm³/mol. The summed E-state index contributed by atoms with van der Waals surface area (Å²) < 4.78 is 10.7. The summed E-state index contributed by atoms with van der Waals surface area (Å²) in [5.74, 6) is 2.81. The molecule has 0 amide bonds. The summed E-state index contributed by atoms with van der Waals surface area (Å²) in [7, 11) is 0. The van der Waals surface area contributed by atoms with Gasteiger partial charge in [-0.1, -0.05) is 5.16 Å². The van der Waals surface area contributed by atoms with E-state index in [9.17, 15) is 0 Å². The standard InChI is InChI=1S/C15H19N3O2S.ClH/c1-2-19-11-4-6-12(7-5-11)21-10-13-17-14(18-20-13)15(16)8-3-9-15;/h4-7H,2-3,8-10,16H2,1H3;1H. The van der Waals surface area contributed by atoms with Gasteiger partial charge in [-0.25, -0.2) is 0 Å². The highest BCUT2D eigenvalue weighted by Crippen LogP contribution is 2.37. The Labute approximate surface area is 140 Å². The van der Waals surface area contributed by atoms with E-state index in [4.69, 9.17) is 15.0 Å². The minimum absolute atomic E-state index is 0. The molecule has 1 fully saturated rings. The van der Waals surface area contributed by atoms with Crippen molar-refractivity contribution in [1.82, 2.24) is 10.1 Å². The number of nitrogens with two attached hydrogens (primary N) is 1. The van der Waals surface area contributed by atoms with Gasteiger partial charge in [0.15, 0.2) is 5.82 Å². The van der Waals surface area contributed by atoms with Gasteiger partial charge in [-0.05, 0) is 50.5 Å². The summed E-state index contributed by atoms with van der Waals surface area (Å²) in [6.45, 7) is 2.65. The van der Waals surface area contributed by atoms with E-state index in [0.717, 1.165) is 29.9 Å². The molecule has 1 aliphatic rings. The van der Waals surface area contributed by atoms with Gasteiger partial charge in [-0.15, -0.1) is 24.2 Å². The quantitative estimate of drug-likeness (QED) is 0.810. The summed E-state index contributed by atoms with van der Waals surface area (Å²) >= 11 is 1.66. The Morgan fingerprint density at radius 1 is 1.32 bits per heavy atom. The Kier molecular flexibility index (Phi) is 5.72. The lowest BCUT2D eigenvalue weighted by Gasteiger charge is -2.34. The average molecular weight is 342 g/mol. The number of rotatable bonds is 6. The Morgan fingerprint density at radius 2 is 2.05 bits per heavy atom. The number of halogens is 1. The van der Waals surface area contributed by atoms with E-state index in [1.165, 1.54) is 0 Å². The Balaban J connectivity index is 0.00000176. The number of hydrogen-bond donors (Lipinski definition) is 1. The largest absolute Gasteiger partial charge is 0.494 e. The van der Waals surface area contributed by atoms with Crippen LogP contribution in [0.5, 0.6) is 5.75 Å². The van der Waals surface area contributed by atoms with Crippen LogP contribution in [0.3, 0.4) is 0 Å². The summed E-state index contributed by atoms with van der Waals surface area (Å²) in [6, 6.07) is 8.00. The summed E-state index contributed by atoms with van der Waals surface area (Å²) in [5, 5.41) is 4.02. The van der Waals surface area contributed by atoms with Gasteiger partial charge in [0.2, 0.25) is 5.89 Å². The molecular weight excluding hydrogens is 322 g/mol. The van der Waals surface area contributed by atoms with Crippen molar-refractivity contribution in [1.29, 1.82) is 0 Å². The van der Waals surface area contributed by atoms with E-state index in [1.807, 2.05) is 31.2 Å². The third-order valence-electron chi connectivity index (χ3n) is 3.66. The molecule has 0 unspecified atom stereocenters. The first kappa shape index (κ1) is 17.1. The topological polar surface area (TPSA) is 74.2 Å². The van der Waals surface area contributed by atoms with Crippen molar-refractivity contribution < 1.29 is 9.26 Å². The number of thioether (sulfide) groups is 1. The van der Waals surface area contributed by atoms with Gasteiger partial charge in [0, 0.05) is 4.90 Å². The molecule has 0 atom stereocenters. The fourth-order valence-corrected chi connectivity index (χ4v) is 2.98. The highest BCUT2D eigenvalue weighted by molar-refractivity contribution is 7.98. The first-order valence-corrected chi connectivity index (χ1v) is 8.16. The van der Waals surface area contributed by atoms with Crippen LogP contribution < -0.4 is 10.5 Å². The first-order valence-electron chi connectivity index (χ1n) is 7.17. The summed E-state index contributed by atoms with van der Waals surface area (Å²) in [5.41, 5.74) is 5.83. The van der Waals surface area contributed by atoms with Gasteiger partial charge in [0.1, 0.15) is 5.75 Å². The summed E-state index contributed by atoms with van der Waals surface area (Å²) in [6.07, 6.45) is 3.03. The van der Waals surface area contributed by atoms with Gasteiger partial charge in [-0.3, -0.25) is 0 Å². The molecule has 0 radical (unpaired) electrons. The normalized spacial score (nSPS) is 15.7. The molecule has 1 heterocycles. The lowest BCUT2D eigenvalue weighted by atomic mass is 9.77. The molecule has 1 aromatic carbocycles. The van der Waals surface area contributed by atoms with Gasteiger partial charge < -0.3 is 15.0 Å². The Morgan fingerprint density at radius 3 is 2.64 bits per heavy atom. The highest BCUT2D eigenvalue weighted by atomic mass is 35.5. The molecule has 0 bridgehead atoms. The molecular formula is C15H20ClN3O2S. The lowest BCUT2D eigenvalue weighted by molar-refractivity contribution is 0.229. The second-order valence-electron chi connectivity index (χ2n) is 5.21. The summed E-state index contributed by atoms with van der Waals surface area (Å²) in [4.78, 5) is 5.56. The SMILES string of the molecule is CCOc1ccc(SCc2nc(C3(N)CCC3)no2)cc1.Cl. The molecule has 2 N–H and O–H groups in total. The van der Waals surface area contributed by atoms with E-state index >= 15 is 0 Å². The maximum absolute atomic E-state index is 6.18. The zero-order chi connectivity index (χ0) is 14.7. The number of nitrogens with zero attached hydrogens (tertiary/aromatic N) is 2. The zero-order valence-corrected chi connectivity index (χ0v) is 14.1. The van der Waals surface area contributed by atoms with Crippen molar-refractivity contribution in [3.63, 3.8) is 0 Å². The van der Waals surface area contributed by atoms with Gasteiger partial charge in [0.05, 0.1) is 17.9 Å². The molecule has 22 heavy (non-hydrogen) atoms. The lowest BCUT2D eigenvalue weighted by Crippen LogP contribution is -2.44. The predicted octanol–water partition coefficient (Wildman–Crippen LogP) is 3.52. The molecule has 7 heteroatoms. The van der Waals surface area contributed by atoms with Crippen LogP contribution in [0.15, 0.2) is 33.7 Å². The van der Waals surface area contributed by atoms with E-state index in [-0.39, 0.29) is 17.9 Å². The fourth-order valence-electron chi connectivity index (χ4n) is 2.24. The molecule has 0 saturated heterocycles. The molecule has 5 nitrogen and oxygen atoms in total. The van der Waals surface area contributed by atoms with Crippen molar-refractivity contribution in [2.24, 2.45) is 5.73 Å². The third kappa shape index (κ3) is 3.74. The van der Waals surface area contributed by atoms with Crippen molar-refractivity contribution in [3.05, 3.63) is 36.0 Å². The van der Waals surface area contributed by atoms with E-state index in [0.29, 0.717) is 24.1 Å². The van der Waals surface area contributed by atoms with Crippen LogP contribution >= 0.6 is 24.2 Å². The van der Waals surface area contributed by atoms with Crippen molar-refractivity contribution in [3.8, 4) is 5.75 Å². The second-order valence-corrected chi connectivity index (χ2v) is 6.26. The first-order chi connectivity index (χ1) is 10.2. The number of hydrogen-bond acceptors (Lipinski definition) is 6. The van der Waals surface area contributed by atoms with Crippen LogP contribution in [-0.2, 0) is 11.3 Å². The van der Waals surface area contributed by atoms with Crippen molar-refractivity contribution in [2.75, 3.05) is 6.61 Å². The van der Waals surface area contributed by atoms with E-state index in [2.05, 4.69) is 10.1 Å². The molecule has 1 saturated carbocycles. The average Bonchev–Trinajstić information content (AvgIpc) is 2.94. The van der Waals surface area contributed by atoms with Gasteiger partial charge in [0.25, 0.3) is 0 Å². The zero-order valence-electron chi connectivity index (χ0n) is 12.4. The van der Waals surface area contributed by atoms with E-state index < -0.39 is 0 Å². The number of ether oxygens (including phenoxy) is 1. The van der Waals surface area contributed by atoms with Crippen LogP contribution in [0.1, 0.15) is 37.9 Å². The van der Waals surface area contributed by atoms with Crippen molar-refractivity contribution >= 4 is 24.2 Å². The minimum atomic E-state index is -0.356.